The zero-order valence-electron chi connectivity index (χ0n) is 14.7. The molecule has 1 atom stereocenters. The number of piperazine rings is 1. The molecule has 1 aromatic carbocycles. The van der Waals surface area contributed by atoms with Crippen molar-refractivity contribution in [2.45, 2.75) is 39.2 Å². The molecule has 1 amide bonds. The van der Waals surface area contributed by atoms with Gasteiger partial charge in [0, 0.05) is 31.9 Å². The number of nitrogens with zero attached hydrogens (tertiary/aromatic N) is 2. The molecule has 5 nitrogen and oxygen atoms in total. The first-order chi connectivity index (χ1) is 10.8. The second kappa shape index (κ2) is 7.21. The molecule has 0 aromatic heterocycles. The second-order valence-electron chi connectivity index (χ2n) is 7.15. The number of hydrogen-bond donors (Lipinski definition) is 1. The number of carbonyl (C=O) groups excluding carboxylic acids is 1. The predicted octanol–water partition coefficient (Wildman–Crippen LogP) is 2.81. The van der Waals surface area contributed by atoms with E-state index in [4.69, 9.17) is 10.5 Å². The topological polar surface area (TPSA) is 58.8 Å². The van der Waals surface area contributed by atoms with Crippen LogP contribution >= 0.6 is 0 Å². The van der Waals surface area contributed by atoms with E-state index in [0.29, 0.717) is 25.6 Å². The molecule has 1 unspecified atom stereocenters. The van der Waals surface area contributed by atoms with E-state index in [1.165, 1.54) is 11.3 Å². The third-order valence-corrected chi connectivity index (χ3v) is 4.09. The van der Waals surface area contributed by atoms with Crippen LogP contribution in [-0.2, 0) is 4.74 Å². The highest BCUT2D eigenvalue weighted by molar-refractivity contribution is 5.69. The van der Waals surface area contributed by atoms with E-state index in [0.717, 1.165) is 13.1 Å². The van der Waals surface area contributed by atoms with Gasteiger partial charge in [0.15, 0.2) is 0 Å². The van der Waals surface area contributed by atoms with E-state index in [9.17, 15) is 4.79 Å². The number of nitrogens with two attached hydrogens (primary N) is 1. The number of anilines is 1. The summed E-state index contributed by atoms with van der Waals surface area (Å²) in [6.45, 7) is 11.5. The van der Waals surface area contributed by atoms with Crippen molar-refractivity contribution in [3.8, 4) is 0 Å². The van der Waals surface area contributed by atoms with Crippen molar-refractivity contribution in [1.29, 1.82) is 0 Å². The molecule has 0 saturated carbocycles. The highest BCUT2D eigenvalue weighted by atomic mass is 16.6. The minimum atomic E-state index is -0.447. The lowest BCUT2D eigenvalue weighted by atomic mass is 9.98. The quantitative estimate of drug-likeness (QED) is 0.931. The van der Waals surface area contributed by atoms with Gasteiger partial charge in [0.2, 0.25) is 0 Å². The van der Waals surface area contributed by atoms with Crippen LogP contribution in [-0.4, -0.2) is 49.3 Å². The Morgan fingerprint density at radius 3 is 2.39 bits per heavy atom. The zero-order chi connectivity index (χ0) is 17.0. The van der Waals surface area contributed by atoms with Crippen molar-refractivity contribution >= 4 is 11.8 Å². The van der Waals surface area contributed by atoms with Crippen LogP contribution in [0.4, 0.5) is 10.5 Å². The summed E-state index contributed by atoms with van der Waals surface area (Å²) >= 11 is 0. The molecule has 1 heterocycles. The van der Waals surface area contributed by atoms with Gasteiger partial charge in [0.1, 0.15) is 5.60 Å². The normalized spacial score (nSPS) is 17.1. The van der Waals surface area contributed by atoms with Crippen LogP contribution in [0.3, 0.4) is 0 Å². The molecule has 0 aliphatic carbocycles. The lowest BCUT2D eigenvalue weighted by Gasteiger charge is -2.38. The Hall–Kier alpha value is -1.75. The van der Waals surface area contributed by atoms with Gasteiger partial charge in [-0.15, -0.1) is 0 Å². The monoisotopic (exact) mass is 319 g/mol. The summed E-state index contributed by atoms with van der Waals surface area (Å²) in [6.07, 6.45) is -0.222. The first kappa shape index (κ1) is 17.6. The minimum absolute atomic E-state index is 0.222. The molecule has 5 heteroatoms. The van der Waals surface area contributed by atoms with Crippen molar-refractivity contribution in [1.82, 2.24) is 4.90 Å². The average molecular weight is 319 g/mol. The lowest BCUT2D eigenvalue weighted by Crippen LogP contribution is -2.50. The summed E-state index contributed by atoms with van der Waals surface area (Å²) in [5, 5.41) is 0. The van der Waals surface area contributed by atoms with E-state index in [1.807, 2.05) is 20.8 Å². The summed E-state index contributed by atoms with van der Waals surface area (Å²) in [5.74, 6) is 0.329. The van der Waals surface area contributed by atoms with Gasteiger partial charge in [-0.25, -0.2) is 4.79 Å². The zero-order valence-corrected chi connectivity index (χ0v) is 14.7. The maximum absolute atomic E-state index is 12.1. The first-order valence-corrected chi connectivity index (χ1v) is 8.33. The van der Waals surface area contributed by atoms with Crippen LogP contribution in [0.5, 0.6) is 0 Å². The number of benzene rings is 1. The van der Waals surface area contributed by atoms with Gasteiger partial charge in [-0.2, -0.15) is 0 Å². The average Bonchev–Trinajstić information content (AvgIpc) is 2.52. The fraction of sp³-hybridized carbons (Fsp3) is 0.611. The van der Waals surface area contributed by atoms with Gasteiger partial charge in [0.25, 0.3) is 0 Å². The Balaban J connectivity index is 2.01. The van der Waals surface area contributed by atoms with E-state index in [2.05, 4.69) is 36.1 Å². The molecule has 0 radical (unpaired) electrons. The molecule has 0 spiro atoms. The molecule has 128 valence electrons. The standard InChI is InChI=1S/C18H29N3O2/c1-14(13-19)15-7-5-6-8-16(15)20-9-11-21(12-10-20)17(22)23-18(2,3)4/h5-8,14H,9-13,19H2,1-4H3. The Kier molecular flexibility index (Phi) is 5.52. The molecular formula is C18H29N3O2. The number of para-hydroxylation sites is 1. The molecular weight excluding hydrogens is 290 g/mol. The minimum Gasteiger partial charge on any atom is -0.444 e. The maximum Gasteiger partial charge on any atom is 0.410 e. The SMILES string of the molecule is CC(CN)c1ccccc1N1CCN(C(=O)OC(C)(C)C)CC1. The molecule has 23 heavy (non-hydrogen) atoms. The van der Waals surface area contributed by atoms with E-state index in [-0.39, 0.29) is 6.09 Å². The van der Waals surface area contributed by atoms with Crippen LogP contribution in [0.2, 0.25) is 0 Å². The van der Waals surface area contributed by atoms with Gasteiger partial charge < -0.3 is 20.3 Å². The maximum atomic E-state index is 12.1. The predicted molar refractivity (Wildman–Crippen MR) is 93.9 cm³/mol. The highest BCUT2D eigenvalue weighted by Gasteiger charge is 2.26. The van der Waals surface area contributed by atoms with Crippen molar-refractivity contribution in [2.75, 3.05) is 37.6 Å². The van der Waals surface area contributed by atoms with Crippen molar-refractivity contribution in [3.05, 3.63) is 29.8 Å². The second-order valence-corrected chi connectivity index (χ2v) is 7.15. The van der Waals surface area contributed by atoms with Crippen LogP contribution < -0.4 is 10.6 Å². The molecule has 1 aromatic rings. The summed E-state index contributed by atoms with van der Waals surface area (Å²) in [7, 11) is 0. The number of ether oxygens (including phenoxy) is 1. The molecule has 1 fully saturated rings. The molecule has 1 aliphatic heterocycles. The number of amides is 1. The Morgan fingerprint density at radius 1 is 1.22 bits per heavy atom. The van der Waals surface area contributed by atoms with Crippen LogP contribution in [0.25, 0.3) is 0 Å². The molecule has 0 bridgehead atoms. The number of rotatable bonds is 3. The lowest BCUT2D eigenvalue weighted by molar-refractivity contribution is 0.0240. The van der Waals surface area contributed by atoms with Crippen molar-refractivity contribution in [3.63, 3.8) is 0 Å². The van der Waals surface area contributed by atoms with Gasteiger partial charge >= 0.3 is 6.09 Å². The highest BCUT2D eigenvalue weighted by Crippen LogP contribution is 2.28. The smallest absolute Gasteiger partial charge is 0.410 e. The molecule has 1 saturated heterocycles. The van der Waals surface area contributed by atoms with Crippen LogP contribution in [0.1, 0.15) is 39.2 Å². The van der Waals surface area contributed by atoms with Crippen LogP contribution in [0.15, 0.2) is 24.3 Å². The van der Waals surface area contributed by atoms with Crippen molar-refractivity contribution < 1.29 is 9.53 Å². The fourth-order valence-corrected chi connectivity index (χ4v) is 2.78. The van der Waals surface area contributed by atoms with E-state index >= 15 is 0 Å². The Bertz CT molecular complexity index is 531. The molecule has 2 rings (SSSR count). The third-order valence-electron chi connectivity index (χ3n) is 4.09. The van der Waals surface area contributed by atoms with Crippen LogP contribution in [0, 0.1) is 0 Å². The van der Waals surface area contributed by atoms with Gasteiger partial charge in [-0.3, -0.25) is 0 Å². The summed E-state index contributed by atoms with van der Waals surface area (Å²) < 4.78 is 5.45. The summed E-state index contributed by atoms with van der Waals surface area (Å²) in [5.41, 5.74) is 7.90. The largest absolute Gasteiger partial charge is 0.444 e. The summed E-state index contributed by atoms with van der Waals surface area (Å²) in [4.78, 5) is 16.3. The third kappa shape index (κ3) is 4.61. The van der Waals surface area contributed by atoms with Crippen molar-refractivity contribution in [2.24, 2.45) is 5.73 Å². The fourth-order valence-electron chi connectivity index (χ4n) is 2.78. The Labute approximate surface area is 139 Å². The number of hydrogen-bond acceptors (Lipinski definition) is 4. The van der Waals surface area contributed by atoms with Gasteiger partial charge in [-0.1, -0.05) is 25.1 Å². The number of carbonyl (C=O) groups is 1. The van der Waals surface area contributed by atoms with Gasteiger partial charge in [-0.05, 0) is 44.9 Å². The molecule has 1 aliphatic rings. The van der Waals surface area contributed by atoms with E-state index in [1.54, 1.807) is 4.90 Å². The summed E-state index contributed by atoms with van der Waals surface area (Å²) in [6, 6.07) is 8.40. The van der Waals surface area contributed by atoms with E-state index < -0.39 is 5.60 Å². The Morgan fingerprint density at radius 2 is 1.83 bits per heavy atom. The first-order valence-electron chi connectivity index (χ1n) is 8.33. The molecule has 2 N–H and O–H groups in total. The van der Waals surface area contributed by atoms with Gasteiger partial charge in [0.05, 0.1) is 0 Å².